The summed E-state index contributed by atoms with van der Waals surface area (Å²) in [6, 6.07) is 5.59. The van der Waals surface area contributed by atoms with Crippen molar-refractivity contribution in [3.8, 4) is 33.8 Å². The Morgan fingerprint density at radius 3 is 1.61 bits per heavy atom. The molecule has 3 aliphatic heterocycles. The van der Waals surface area contributed by atoms with E-state index in [1.807, 2.05) is 0 Å². The van der Waals surface area contributed by atoms with Crippen molar-refractivity contribution in [2.24, 2.45) is 11.8 Å². The van der Waals surface area contributed by atoms with Crippen LogP contribution in [0.4, 0.5) is 26.3 Å². The monoisotopic (exact) mass is 1480 g/mol. The van der Waals surface area contributed by atoms with Gasteiger partial charge < -0.3 is 100 Å². The molecule has 3 aromatic carbocycles. The summed E-state index contributed by atoms with van der Waals surface area (Å²) in [5.41, 5.74) is -0.122. The van der Waals surface area contributed by atoms with Crippen LogP contribution in [0, 0.1) is 46.7 Å². The van der Waals surface area contributed by atoms with Crippen LogP contribution in [0.25, 0.3) is 33.8 Å². The highest BCUT2D eigenvalue weighted by Gasteiger charge is 2.55. The summed E-state index contributed by atoms with van der Waals surface area (Å²) < 4.78 is 132. The molecular formula is C65H78F6N12O21. The number of nitrogens with one attached hydrogen (secondary N) is 3. The number of carboxylic acids is 1. The first kappa shape index (κ1) is 77.0. The maximum absolute atomic E-state index is 14.9. The summed E-state index contributed by atoms with van der Waals surface area (Å²) in [6.45, 7) is 1.74. The SMILES string of the molecule is CCC[C@H](OC1C(NC(C)=O)[C@H](O[C@@H]2CC(C(=O)NCCNC(=O)C3CC(n4cc(-c5cc(F)c(F)c(F)c5)nn4)C(O)[C@H](O[C@@H]4OC(CO)[C@H](O)C(n5cc(-c6cc(F)c(F)c(F)c6)nn5)C4O)C3)CC(n3cc(-c4ccccc4)nn3)C2O[C@@H]2OC(C)[C@@H](O)C(O)C2O)OC(CO)[C@@H]1O)C(=O)O. The zero-order chi connectivity index (χ0) is 74.7. The molecule has 39 heteroatoms. The van der Waals surface area contributed by atoms with E-state index >= 15 is 0 Å². The Labute approximate surface area is 586 Å². The van der Waals surface area contributed by atoms with Crippen LogP contribution in [0.3, 0.4) is 0 Å². The molecule has 6 heterocycles. The number of carboxylic acid groups (broad SMARTS) is 1. The van der Waals surface area contributed by atoms with Crippen LogP contribution in [0.5, 0.6) is 0 Å². The van der Waals surface area contributed by atoms with E-state index in [0.29, 0.717) is 41.9 Å². The van der Waals surface area contributed by atoms with E-state index in [0.717, 1.165) is 28.7 Å². The molecule has 3 aromatic heterocycles. The zero-order valence-electron chi connectivity index (χ0n) is 55.6. The van der Waals surface area contributed by atoms with Gasteiger partial charge in [-0.25, -0.2) is 45.2 Å². The predicted molar refractivity (Wildman–Crippen MR) is 336 cm³/mol. The van der Waals surface area contributed by atoms with Crippen molar-refractivity contribution in [3.05, 3.63) is 108 Å². The second kappa shape index (κ2) is 33.1. The molecule has 0 radical (unpaired) electrons. The number of rotatable bonds is 25. The molecule has 0 spiro atoms. The molecule has 11 rings (SSSR count). The predicted octanol–water partition coefficient (Wildman–Crippen LogP) is -0.623. The topological polar surface area (TPSA) is 463 Å². The first-order chi connectivity index (χ1) is 49.7. The van der Waals surface area contributed by atoms with Crippen LogP contribution in [-0.4, -0.2) is 263 Å². The van der Waals surface area contributed by atoms with E-state index in [1.54, 1.807) is 37.3 Å². The lowest BCUT2D eigenvalue weighted by atomic mass is 9.80. The van der Waals surface area contributed by atoms with Gasteiger partial charge in [-0.2, -0.15) is 0 Å². The highest BCUT2D eigenvalue weighted by molar-refractivity contribution is 5.80. The minimum Gasteiger partial charge on any atom is -0.479 e. The van der Waals surface area contributed by atoms with Gasteiger partial charge in [0.05, 0.1) is 62.2 Å². The number of aliphatic carboxylic acids is 1. The molecular weight excluding hydrogens is 1400 g/mol. The molecule has 5 aliphatic rings. The van der Waals surface area contributed by atoms with Crippen LogP contribution in [0.1, 0.15) is 77.4 Å². The largest absolute Gasteiger partial charge is 0.479 e. The Morgan fingerprint density at radius 2 is 1.06 bits per heavy atom. The number of carbonyl (C=O) groups excluding carboxylic acids is 3. The third kappa shape index (κ3) is 16.6. The van der Waals surface area contributed by atoms with Gasteiger partial charge in [-0.15, -0.1) is 15.3 Å². The molecule has 566 valence electrons. The molecule has 2 aliphatic carbocycles. The number of amides is 3. The number of aliphatic hydroxyl groups excluding tert-OH is 9. The lowest BCUT2D eigenvalue weighted by Gasteiger charge is -2.49. The molecule has 3 amide bonds. The lowest BCUT2D eigenvalue weighted by Crippen LogP contribution is -2.67. The number of hydrogen-bond donors (Lipinski definition) is 13. The average molecular weight is 1480 g/mol. The van der Waals surface area contributed by atoms with Crippen molar-refractivity contribution in [1.29, 1.82) is 0 Å². The molecule has 33 nitrogen and oxygen atoms in total. The second-order valence-corrected chi connectivity index (χ2v) is 26.2. The standard InChI is InChI=1S/C65H78F6N12O21/c1-4-8-42(62(96)97)99-59-49(74-27(3)86)63(102-46(25-85)54(59)90)101-44-20-32(18-41(82-21-37(75-79-82)28-9-6-5-7-10-28)58(44)104-65-57(93)56(92)51(87)26(2)98-65)61(95)73-12-11-72-60(94)31-17-40(81-22-38(76-78-81)29-13-33(66)47(70)34(67)14-29)52(88)43(19-31)100-64-55(91)50(53(89)45(24-84)103-64)83-23-39(77-80-83)30-15-35(68)48(71)36(69)16-30/h5-7,9-10,13-16,21-23,26,31-32,40-46,49-59,63-65,84-85,87-93H,4,8,11-12,17-20,24-25H2,1-3H3,(H,72,94)(H,73,95)(H,74,86)(H,96,97)/t26?,31?,32?,40?,41?,42-,43+,44+,45?,46?,49?,50?,51+,52?,53-,54-,55?,56?,57?,58?,59?,63+,64+,65-/m0/s1. The van der Waals surface area contributed by atoms with Crippen molar-refractivity contribution >= 4 is 23.7 Å². The maximum atomic E-state index is 14.9. The van der Waals surface area contributed by atoms with Gasteiger partial charge in [0.15, 0.2) is 59.9 Å². The van der Waals surface area contributed by atoms with Gasteiger partial charge in [-0.1, -0.05) is 59.3 Å². The highest BCUT2D eigenvalue weighted by atomic mass is 19.2. The van der Waals surface area contributed by atoms with E-state index in [1.165, 1.54) is 17.8 Å². The van der Waals surface area contributed by atoms with Gasteiger partial charge in [-0.3, -0.25) is 14.4 Å². The average Bonchev–Trinajstić information content (AvgIpc) is 1.16. The summed E-state index contributed by atoms with van der Waals surface area (Å²) in [4.78, 5) is 55.0. The van der Waals surface area contributed by atoms with E-state index < -0.39 is 225 Å². The van der Waals surface area contributed by atoms with E-state index in [9.17, 15) is 96.6 Å². The second-order valence-electron chi connectivity index (χ2n) is 26.2. The van der Waals surface area contributed by atoms with Crippen molar-refractivity contribution in [2.75, 3.05) is 26.3 Å². The molecule has 0 bridgehead atoms. The fraction of sp³-hybridized carbons (Fsp3) is 0.569. The van der Waals surface area contributed by atoms with Crippen molar-refractivity contribution in [2.45, 2.75) is 194 Å². The van der Waals surface area contributed by atoms with Crippen molar-refractivity contribution in [3.63, 3.8) is 0 Å². The summed E-state index contributed by atoms with van der Waals surface area (Å²) in [6.07, 6.45) is -27.3. The molecule has 2 saturated carbocycles. The summed E-state index contributed by atoms with van der Waals surface area (Å²) in [5, 5.41) is 144. The lowest BCUT2D eigenvalue weighted by molar-refractivity contribution is -0.337. The highest BCUT2D eigenvalue weighted by Crippen LogP contribution is 2.43. The zero-order valence-corrected chi connectivity index (χ0v) is 55.6. The fourth-order valence-electron chi connectivity index (χ4n) is 13.7. The number of ether oxygens (including phenoxy) is 7. The molecule has 24 atom stereocenters. The third-order valence-corrected chi connectivity index (χ3v) is 19.2. The van der Waals surface area contributed by atoms with Gasteiger partial charge >= 0.3 is 5.97 Å². The Kier molecular flexibility index (Phi) is 24.5. The van der Waals surface area contributed by atoms with Crippen LogP contribution in [0.2, 0.25) is 0 Å². The number of aliphatic hydroxyl groups is 9. The normalized spacial score (nSPS) is 32.7. The molecule has 5 fully saturated rings. The smallest absolute Gasteiger partial charge is 0.332 e. The summed E-state index contributed by atoms with van der Waals surface area (Å²) in [7, 11) is 0. The summed E-state index contributed by atoms with van der Waals surface area (Å²) >= 11 is 0. The van der Waals surface area contributed by atoms with Crippen molar-refractivity contribution < 1.29 is 130 Å². The Balaban J connectivity index is 0.860. The third-order valence-electron chi connectivity index (χ3n) is 19.2. The Hall–Kier alpha value is -8.10. The number of benzene rings is 3. The van der Waals surface area contributed by atoms with Crippen LogP contribution in [0.15, 0.2) is 73.2 Å². The first-order valence-electron chi connectivity index (χ1n) is 33.4. The Bertz CT molecular complexity index is 3920. The summed E-state index contributed by atoms with van der Waals surface area (Å²) in [5.74, 6) is -15.7. The van der Waals surface area contributed by atoms with Crippen LogP contribution in [-0.2, 0) is 52.3 Å². The number of aromatic nitrogens is 9. The molecule has 3 saturated heterocycles. The van der Waals surface area contributed by atoms with Gasteiger partial charge in [0, 0.05) is 48.5 Å². The molecule has 104 heavy (non-hydrogen) atoms. The minimum absolute atomic E-state index is 0.0593. The van der Waals surface area contributed by atoms with Crippen LogP contribution < -0.4 is 16.0 Å². The number of nitrogens with zero attached hydrogens (tertiary/aromatic N) is 9. The van der Waals surface area contributed by atoms with E-state index in [-0.39, 0.29) is 61.3 Å². The van der Waals surface area contributed by atoms with E-state index in [2.05, 4.69) is 46.9 Å². The van der Waals surface area contributed by atoms with Gasteiger partial charge in [0.25, 0.3) is 0 Å². The van der Waals surface area contributed by atoms with Gasteiger partial charge in [0.1, 0.15) is 96.3 Å². The quantitative estimate of drug-likeness (QED) is 0.0193. The molecule has 15 unspecified atom stereocenters. The number of halogens is 6. The van der Waals surface area contributed by atoms with Crippen molar-refractivity contribution in [1.82, 2.24) is 60.9 Å². The number of carbonyl (C=O) groups is 4. The Morgan fingerprint density at radius 1 is 0.567 bits per heavy atom. The van der Waals surface area contributed by atoms with Crippen LogP contribution >= 0.6 is 0 Å². The van der Waals surface area contributed by atoms with Gasteiger partial charge in [-0.05, 0) is 63.3 Å². The van der Waals surface area contributed by atoms with E-state index in [4.69, 9.17) is 33.2 Å². The fourth-order valence-corrected chi connectivity index (χ4v) is 13.7. The molecule has 6 aromatic rings. The minimum atomic E-state index is -1.99. The van der Waals surface area contributed by atoms with Gasteiger partial charge in [0.2, 0.25) is 17.7 Å². The number of hydrogen-bond acceptors (Lipinski definition) is 26. The first-order valence-corrected chi connectivity index (χ1v) is 33.4. The maximum Gasteiger partial charge on any atom is 0.332 e. The molecule has 13 N–H and O–H groups in total.